The first-order valence-electron chi connectivity index (χ1n) is 5.76. The maximum Gasteiger partial charge on any atom is 0.137 e. The summed E-state index contributed by atoms with van der Waals surface area (Å²) in [5.41, 5.74) is 3.00. The minimum atomic E-state index is -0.706. The smallest absolute Gasteiger partial charge is 0.137 e. The molecule has 0 saturated heterocycles. The van der Waals surface area contributed by atoms with E-state index in [9.17, 15) is 8.78 Å². The maximum atomic E-state index is 13.9. The topological polar surface area (TPSA) is 0 Å². The van der Waals surface area contributed by atoms with Gasteiger partial charge in [-0.05, 0) is 58.6 Å². The van der Waals surface area contributed by atoms with Crippen LogP contribution in [0.4, 0.5) is 8.78 Å². The van der Waals surface area contributed by atoms with E-state index < -0.39 is 17.0 Å². The Bertz CT molecular complexity index is 626. The third kappa shape index (κ3) is 2.82. The van der Waals surface area contributed by atoms with E-state index >= 15 is 0 Å². The molecule has 2 rings (SSSR count). The van der Waals surface area contributed by atoms with Crippen molar-refractivity contribution >= 4 is 27.5 Å². The number of benzene rings is 2. The van der Waals surface area contributed by atoms with E-state index in [2.05, 4.69) is 15.9 Å². The van der Waals surface area contributed by atoms with Crippen molar-refractivity contribution < 1.29 is 8.78 Å². The molecule has 0 N–H and O–H groups in total. The Morgan fingerprint density at radius 1 is 1.05 bits per heavy atom. The molecule has 0 saturated carbocycles. The summed E-state index contributed by atoms with van der Waals surface area (Å²) in [6.07, 6.45) is 0. The van der Waals surface area contributed by atoms with Gasteiger partial charge in [0.1, 0.15) is 11.6 Å². The Labute approximate surface area is 124 Å². The lowest BCUT2D eigenvalue weighted by Gasteiger charge is -2.16. The van der Waals surface area contributed by atoms with Crippen LogP contribution in [0.2, 0.25) is 0 Å². The van der Waals surface area contributed by atoms with Gasteiger partial charge in [-0.1, -0.05) is 18.2 Å². The quantitative estimate of drug-likeness (QED) is 0.486. The van der Waals surface area contributed by atoms with Crippen molar-refractivity contribution in [2.24, 2.45) is 0 Å². The van der Waals surface area contributed by atoms with Crippen LogP contribution >= 0.6 is 27.5 Å². The summed E-state index contributed by atoms with van der Waals surface area (Å²) in [4.78, 5) is 0. The molecule has 1 unspecified atom stereocenters. The molecule has 0 aliphatic heterocycles. The van der Waals surface area contributed by atoms with Crippen LogP contribution in [0.1, 0.15) is 27.6 Å². The van der Waals surface area contributed by atoms with Crippen molar-refractivity contribution in [1.29, 1.82) is 0 Å². The van der Waals surface area contributed by atoms with Gasteiger partial charge in [0.15, 0.2) is 0 Å². The molecular weight excluding hydrogens is 334 g/mol. The fourth-order valence-corrected chi connectivity index (χ4v) is 2.67. The highest BCUT2D eigenvalue weighted by atomic mass is 79.9. The van der Waals surface area contributed by atoms with Gasteiger partial charge in [0.2, 0.25) is 0 Å². The van der Waals surface area contributed by atoms with Crippen LogP contribution in [0.3, 0.4) is 0 Å². The van der Waals surface area contributed by atoms with Gasteiger partial charge in [0.25, 0.3) is 0 Å². The van der Waals surface area contributed by atoms with Crippen LogP contribution in [0.25, 0.3) is 0 Å². The van der Waals surface area contributed by atoms with E-state index in [-0.39, 0.29) is 10.0 Å². The molecule has 4 heteroatoms. The molecule has 1 atom stereocenters. The molecule has 0 radical (unpaired) electrons. The highest BCUT2D eigenvalue weighted by Crippen LogP contribution is 2.35. The Morgan fingerprint density at radius 2 is 1.74 bits per heavy atom. The van der Waals surface area contributed by atoms with Crippen molar-refractivity contribution in [2.75, 3.05) is 0 Å². The number of rotatable bonds is 2. The fourth-order valence-electron chi connectivity index (χ4n) is 1.95. The summed E-state index contributed by atoms with van der Waals surface area (Å²) in [5, 5.41) is -0.706. The van der Waals surface area contributed by atoms with Crippen LogP contribution in [-0.2, 0) is 0 Å². The van der Waals surface area contributed by atoms with Crippen molar-refractivity contribution in [3.8, 4) is 0 Å². The molecule has 0 bridgehead atoms. The predicted octanol–water partition coefficient (Wildman–Crippen LogP) is 5.67. The first-order chi connectivity index (χ1) is 8.91. The largest absolute Gasteiger partial charge is 0.207 e. The second-order valence-corrected chi connectivity index (χ2v) is 5.73. The summed E-state index contributed by atoms with van der Waals surface area (Å²) in [7, 11) is 0. The predicted molar refractivity (Wildman–Crippen MR) is 77.7 cm³/mol. The second kappa shape index (κ2) is 5.59. The molecule has 0 heterocycles. The van der Waals surface area contributed by atoms with Gasteiger partial charge in [-0.3, -0.25) is 0 Å². The van der Waals surface area contributed by atoms with E-state index in [1.807, 2.05) is 32.0 Å². The van der Waals surface area contributed by atoms with Crippen LogP contribution in [-0.4, -0.2) is 0 Å². The zero-order valence-corrected chi connectivity index (χ0v) is 12.8. The summed E-state index contributed by atoms with van der Waals surface area (Å²) < 4.78 is 27.6. The lowest BCUT2D eigenvalue weighted by atomic mass is 9.96. The SMILES string of the molecule is Cc1cccc(C(Cl)c2cc(F)c(Br)cc2F)c1C. The minimum Gasteiger partial charge on any atom is -0.207 e. The van der Waals surface area contributed by atoms with E-state index in [4.69, 9.17) is 11.6 Å². The summed E-state index contributed by atoms with van der Waals surface area (Å²) in [6.45, 7) is 3.88. The molecule has 0 aromatic heterocycles. The Kier molecular flexibility index (Phi) is 4.26. The van der Waals surface area contributed by atoms with Gasteiger partial charge < -0.3 is 0 Å². The van der Waals surface area contributed by atoms with Gasteiger partial charge >= 0.3 is 0 Å². The van der Waals surface area contributed by atoms with Gasteiger partial charge in [-0.2, -0.15) is 0 Å². The molecule has 100 valence electrons. The number of aryl methyl sites for hydroxylation is 1. The Morgan fingerprint density at radius 3 is 2.42 bits per heavy atom. The molecule has 0 spiro atoms. The molecule has 0 nitrogen and oxygen atoms in total. The molecule has 19 heavy (non-hydrogen) atoms. The van der Waals surface area contributed by atoms with Crippen LogP contribution < -0.4 is 0 Å². The molecule has 0 aliphatic rings. The molecule has 2 aromatic rings. The van der Waals surface area contributed by atoms with Gasteiger partial charge in [-0.25, -0.2) is 8.78 Å². The van der Waals surface area contributed by atoms with Crippen molar-refractivity contribution in [2.45, 2.75) is 19.2 Å². The van der Waals surface area contributed by atoms with Crippen LogP contribution in [0.5, 0.6) is 0 Å². The first-order valence-corrected chi connectivity index (χ1v) is 6.99. The zero-order valence-electron chi connectivity index (χ0n) is 10.5. The van der Waals surface area contributed by atoms with Crippen LogP contribution in [0.15, 0.2) is 34.8 Å². The maximum absolute atomic E-state index is 13.9. The number of hydrogen-bond acceptors (Lipinski definition) is 0. The average Bonchev–Trinajstić information content (AvgIpc) is 2.36. The third-order valence-electron chi connectivity index (χ3n) is 3.23. The highest BCUT2D eigenvalue weighted by Gasteiger charge is 2.19. The first kappa shape index (κ1) is 14.5. The standard InChI is InChI=1S/C15H12BrClF2/c1-8-4-3-5-10(9(8)2)15(17)11-6-14(19)12(16)7-13(11)18/h3-7,15H,1-2H3. The van der Waals surface area contributed by atoms with Crippen molar-refractivity contribution in [1.82, 2.24) is 0 Å². The van der Waals surface area contributed by atoms with Gasteiger partial charge in [0, 0.05) is 5.56 Å². The molecule has 0 amide bonds. The number of halogens is 4. The molecule has 0 fully saturated rings. The Balaban J connectivity index is 2.53. The second-order valence-electron chi connectivity index (χ2n) is 4.44. The van der Waals surface area contributed by atoms with E-state index in [1.165, 1.54) is 0 Å². The van der Waals surface area contributed by atoms with Crippen molar-refractivity contribution in [3.05, 3.63) is 68.7 Å². The van der Waals surface area contributed by atoms with E-state index in [1.54, 1.807) is 0 Å². The highest BCUT2D eigenvalue weighted by molar-refractivity contribution is 9.10. The number of hydrogen-bond donors (Lipinski definition) is 0. The fraction of sp³-hybridized carbons (Fsp3) is 0.200. The lowest BCUT2D eigenvalue weighted by molar-refractivity contribution is 0.582. The Hall–Kier alpha value is -0.930. The molecule has 0 aliphatic carbocycles. The molecular formula is C15H12BrClF2. The van der Waals surface area contributed by atoms with Gasteiger partial charge in [0.05, 0.1) is 9.85 Å². The summed E-state index contributed by atoms with van der Waals surface area (Å²) >= 11 is 9.27. The third-order valence-corrected chi connectivity index (χ3v) is 4.31. The zero-order chi connectivity index (χ0) is 14.2. The summed E-state index contributed by atoms with van der Waals surface area (Å²) in [6, 6.07) is 7.89. The number of alkyl halides is 1. The van der Waals surface area contributed by atoms with E-state index in [0.29, 0.717) is 0 Å². The van der Waals surface area contributed by atoms with E-state index in [0.717, 1.165) is 28.8 Å². The normalized spacial score (nSPS) is 12.5. The monoisotopic (exact) mass is 344 g/mol. The lowest BCUT2D eigenvalue weighted by Crippen LogP contribution is -2.02. The minimum absolute atomic E-state index is 0.0959. The average molecular weight is 346 g/mol. The van der Waals surface area contributed by atoms with Crippen molar-refractivity contribution in [3.63, 3.8) is 0 Å². The summed E-state index contributed by atoms with van der Waals surface area (Å²) in [5.74, 6) is -1.04. The van der Waals surface area contributed by atoms with Gasteiger partial charge in [-0.15, -0.1) is 11.6 Å². The molecule has 2 aromatic carbocycles. The van der Waals surface area contributed by atoms with Crippen LogP contribution in [0, 0.1) is 25.5 Å².